The molecule has 0 saturated carbocycles. The molecule has 8 heteroatoms. The Balaban J connectivity index is 0.00000324. The maximum Gasteiger partial charge on any atom is 0.135 e. The molecule has 0 unspecified atom stereocenters. The number of hydrogen-bond acceptors (Lipinski definition) is 7. The number of benzene rings is 5. The van der Waals surface area contributed by atoms with Crippen molar-refractivity contribution >= 4 is 66.8 Å². The van der Waals surface area contributed by atoms with Crippen molar-refractivity contribution in [3.8, 4) is 11.5 Å². The fraction of sp³-hybridized carbons (Fsp3) is 0.0256. The van der Waals surface area contributed by atoms with Crippen molar-refractivity contribution in [2.45, 2.75) is 0 Å². The van der Waals surface area contributed by atoms with E-state index < -0.39 is 0 Å². The molecule has 0 aliphatic carbocycles. The van der Waals surface area contributed by atoms with Crippen LogP contribution in [0, 0.1) is 18.8 Å². The fourth-order valence-corrected chi connectivity index (χ4v) is 6.02. The van der Waals surface area contributed by atoms with E-state index in [1.807, 2.05) is 121 Å². The molecule has 3 aromatic heterocycles. The average molecular weight is 793 g/mol. The summed E-state index contributed by atoms with van der Waals surface area (Å²) < 4.78 is 19.7. The number of ether oxygens (including phenoxy) is 1. The molecule has 232 valence electrons. The summed E-state index contributed by atoms with van der Waals surface area (Å²) in [6, 6.07) is 43.1. The van der Waals surface area contributed by atoms with Crippen LogP contribution in [0.2, 0.25) is 0 Å². The third kappa shape index (κ3) is 5.00. The topological polar surface area (TPSA) is 58.1 Å². The second-order valence-electron chi connectivity index (χ2n) is 11.1. The van der Waals surface area contributed by atoms with Crippen molar-refractivity contribution < 1.29 is 34.6 Å². The Morgan fingerprint density at radius 3 is 2.23 bits per heavy atom. The number of aromatic nitrogens is 1. The Morgan fingerprint density at radius 2 is 1.47 bits per heavy atom. The van der Waals surface area contributed by atoms with E-state index in [2.05, 4.69) is 41.3 Å². The first-order chi connectivity index (χ1) is 22.7. The molecule has 0 bridgehead atoms. The van der Waals surface area contributed by atoms with E-state index in [-0.39, 0.29) is 21.1 Å². The summed E-state index contributed by atoms with van der Waals surface area (Å²) in [6.45, 7) is 1.97. The summed E-state index contributed by atoms with van der Waals surface area (Å²) >= 11 is 0. The first-order valence-corrected chi connectivity index (χ1v) is 14.9. The molecular formula is C39H25N4O3Pt-3. The van der Waals surface area contributed by atoms with Gasteiger partial charge >= 0.3 is 0 Å². The number of furan rings is 2. The maximum absolute atomic E-state index is 6.90. The van der Waals surface area contributed by atoms with E-state index >= 15 is 0 Å². The molecule has 0 saturated heterocycles. The first kappa shape index (κ1) is 28.9. The summed E-state index contributed by atoms with van der Waals surface area (Å²) in [5.41, 5.74) is 5.27. The van der Waals surface area contributed by atoms with Gasteiger partial charge in [0.25, 0.3) is 0 Å². The molecule has 47 heavy (non-hydrogen) atoms. The second-order valence-corrected chi connectivity index (χ2v) is 11.1. The smallest absolute Gasteiger partial charge is 0.135 e. The van der Waals surface area contributed by atoms with E-state index in [9.17, 15) is 0 Å². The van der Waals surface area contributed by atoms with Crippen molar-refractivity contribution in [1.82, 2.24) is 9.88 Å². The van der Waals surface area contributed by atoms with Gasteiger partial charge in [-0.3, -0.25) is 0 Å². The van der Waals surface area contributed by atoms with E-state index in [0.29, 0.717) is 22.7 Å². The molecule has 0 amide bonds. The Hall–Kier alpha value is -5.52. The predicted octanol–water partition coefficient (Wildman–Crippen LogP) is 10.1. The summed E-state index contributed by atoms with van der Waals surface area (Å²) in [5.74, 6) is 1.69. The van der Waals surface area contributed by atoms with Gasteiger partial charge in [-0.05, 0) is 66.6 Å². The molecule has 0 N–H and O–H groups in total. The van der Waals surface area contributed by atoms with Gasteiger partial charge in [-0.25, -0.2) is 4.98 Å². The summed E-state index contributed by atoms with van der Waals surface area (Å²) in [6.07, 6.45) is 5.73. The molecule has 7 nitrogen and oxygen atoms in total. The average Bonchev–Trinajstić information content (AvgIpc) is 3.81. The Bertz CT molecular complexity index is 2380. The Kier molecular flexibility index (Phi) is 7.19. The molecule has 5 aromatic carbocycles. The second kappa shape index (κ2) is 11.7. The number of pyridine rings is 1. The van der Waals surface area contributed by atoms with Crippen LogP contribution in [0.1, 0.15) is 0 Å². The minimum absolute atomic E-state index is 0. The van der Waals surface area contributed by atoms with Gasteiger partial charge in [-0.2, -0.15) is 6.67 Å². The van der Waals surface area contributed by atoms with Crippen molar-refractivity contribution in [3.05, 3.63) is 147 Å². The summed E-state index contributed by atoms with van der Waals surface area (Å²) in [7, 11) is 1.98. The summed E-state index contributed by atoms with van der Waals surface area (Å²) in [5, 5.41) is 3.63. The molecule has 4 heterocycles. The zero-order chi connectivity index (χ0) is 30.6. The van der Waals surface area contributed by atoms with E-state index in [0.717, 1.165) is 55.6 Å². The van der Waals surface area contributed by atoms with Crippen LogP contribution in [0.15, 0.2) is 137 Å². The van der Waals surface area contributed by atoms with Crippen LogP contribution < -0.4 is 14.5 Å². The van der Waals surface area contributed by atoms with Crippen LogP contribution >= 0.6 is 0 Å². The molecule has 0 fully saturated rings. The van der Waals surface area contributed by atoms with Crippen LogP contribution in [-0.4, -0.2) is 16.9 Å². The van der Waals surface area contributed by atoms with Crippen LogP contribution in [-0.2, 0) is 21.1 Å². The van der Waals surface area contributed by atoms with Gasteiger partial charge in [0, 0.05) is 49.7 Å². The van der Waals surface area contributed by atoms with Gasteiger partial charge in [0.1, 0.15) is 17.0 Å². The van der Waals surface area contributed by atoms with Gasteiger partial charge in [0.15, 0.2) is 0 Å². The zero-order valence-electron chi connectivity index (χ0n) is 25.0. The van der Waals surface area contributed by atoms with Gasteiger partial charge in [0.05, 0.1) is 11.3 Å². The van der Waals surface area contributed by atoms with Crippen molar-refractivity contribution in [2.24, 2.45) is 0 Å². The van der Waals surface area contributed by atoms with Gasteiger partial charge in [0.2, 0.25) is 0 Å². The van der Waals surface area contributed by atoms with Gasteiger partial charge in [-0.1, -0.05) is 77.4 Å². The zero-order valence-corrected chi connectivity index (χ0v) is 27.3. The molecule has 0 radical (unpaired) electrons. The van der Waals surface area contributed by atoms with Crippen molar-refractivity contribution in [3.63, 3.8) is 0 Å². The number of hydrogen-bond donors (Lipinski definition) is 0. The SMILES string of the molecule is CN1C=CN(c2[c-]c(Oc3[c-]c(N(c4ccccc4)c4ccccn4)cc4c3oc3ccccc34)c3c(c2)oc2ccccc23)[CH-]1.[Pt]. The number of para-hydroxylation sites is 3. The predicted molar refractivity (Wildman–Crippen MR) is 181 cm³/mol. The first-order valence-electron chi connectivity index (χ1n) is 14.9. The minimum Gasteiger partial charge on any atom is -0.512 e. The third-order valence-electron chi connectivity index (χ3n) is 8.11. The van der Waals surface area contributed by atoms with Crippen LogP contribution in [0.25, 0.3) is 43.9 Å². The normalized spacial score (nSPS) is 12.8. The Labute approximate surface area is 285 Å². The number of fused-ring (bicyclic) bond motifs is 6. The standard InChI is InChI=1S/C39H25N4O3.Pt/c1-41-19-20-42(25-41)27-22-34-38(30-14-6-8-16-33(30)44-34)35(23-27)45-36-24-28(21-31-29-13-5-7-15-32(29)46-39(31)36)43(26-11-3-2-4-12-26)37-17-9-10-18-40-37;/h2-22,25H,1H3;/q-3;. The van der Waals surface area contributed by atoms with Crippen LogP contribution in [0.5, 0.6) is 11.5 Å². The molecule has 1 aliphatic rings. The summed E-state index contributed by atoms with van der Waals surface area (Å²) in [4.78, 5) is 10.7. The number of rotatable bonds is 6. The molecule has 8 aromatic rings. The molecular weight excluding hydrogens is 768 g/mol. The fourth-order valence-electron chi connectivity index (χ4n) is 6.02. The van der Waals surface area contributed by atoms with E-state index in [4.69, 9.17) is 18.6 Å². The number of anilines is 4. The molecule has 1 aliphatic heterocycles. The Morgan fingerprint density at radius 1 is 0.723 bits per heavy atom. The third-order valence-corrected chi connectivity index (χ3v) is 8.11. The van der Waals surface area contributed by atoms with Crippen molar-refractivity contribution in [2.75, 3.05) is 16.8 Å². The monoisotopic (exact) mass is 792 g/mol. The molecule has 0 spiro atoms. The van der Waals surface area contributed by atoms with Gasteiger partial charge in [-0.15, -0.1) is 24.3 Å². The van der Waals surface area contributed by atoms with E-state index in [1.54, 1.807) is 6.20 Å². The quantitative estimate of drug-likeness (QED) is 0.156. The number of nitrogens with zero attached hydrogens (tertiary/aromatic N) is 4. The molecule has 9 rings (SSSR count). The van der Waals surface area contributed by atoms with Crippen molar-refractivity contribution in [1.29, 1.82) is 0 Å². The van der Waals surface area contributed by atoms with Crippen LogP contribution in [0.3, 0.4) is 0 Å². The van der Waals surface area contributed by atoms with Gasteiger partial charge < -0.3 is 28.3 Å². The molecule has 0 atom stereocenters. The van der Waals surface area contributed by atoms with E-state index in [1.165, 1.54) is 0 Å². The maximum atomic E-state index is 6.90. The van der Waals surface area contributed by atoms with Crippen LogP contribution in [0.4, 0.5) is 22.9 Å². The largest absolute Gasteiger partial charge is 0.512 e. The minimum atomic E-state index is 0.